The van der Waals surface area contributed by atoms with Crippen molar-refractivity contribution < 1.29 is 14.7 Å². The van der Waals surface area contributed by atoms with Crippen LogP contribution < -0.4 is 11.1 Å². The third-order valence-electron chi connectivity index (χ3n) is 3.70. The van der Waals surface area contributed by atoms with E-state index in [1.54, 1.807) is 13.8 Å². The van der Waals surface area contributed by atoms with Crippen molar-refractivity contribution in [2.75, 3.05) is 0 Å². The van der Waals surface area contributed by atoms with Crippen LogP contribution in [0.25, 0.3) is 0 Å². The number of aliphatic carboxylic acids is 1. The van der Waals surface area contributed by atoms with Crippen molar-refractivity contribution in [1.82, 2.24) is 5.32 Å². The number of carboxylic acid groups (broad SMARTS) is 1. The molecule has 0 aromatic carbocycles. The summed E-state index contributed by atoms with van der Waals surface area (Å²) < 4.78 is 0. The Balaban J connectivity index is 2.56. The quantitative estimate of drug-likeness (QED) is 0.682. The molecule has 0 radical (unpaired) electrons. The molecule has 0 bridgehead atoms. The number of carbonyl (C=O) groups is 2. The first-order valence-corrected chi connectivity index (χ1v) is 6.19. The van der Waals surface area contributed by atoms with E-state index in [4.69, 9.17) is 10.8 Å². The van der Waals surface area contributed by atoms with Gasteiger partial charge in [0.2, 0.25) is 5.91 Å². The van der Waals surface area contributed by atoms with Gasteiger partial charge in [-0.3, -0.25) is 9.59 Å². The van der Waals surface area contributed by atoms with Crippen LogP contribution in [0.3, 0.4) is 0 Å². The molecule has 1 fully saturated rings. The van der Waals surface area contributed by atoms with Crippen LogP contribution in [0.2, 0.25) is 0 Å². The standard InChI is InChI=1S/C12H22N2O3/c1-8(10(15)16)9(2)14-11(17)12(13)6-4-3-5-7-12/h8-9H,3-7,13H2,1-2H3,(H,14,17)(H,15,16). The molecule has 5 nitrogen and oxygen atoms in total. The highest BCUT2D eigenvalue weighted by Gasteiger charge is 2.36. The molecule has 98 valence electrons. The van der Waals surface area contributed by atoms with Gasteiger partial charge in [0.25, 0.3) is 0 Å². The fourth-order valence-electron chi connectivity index (χ4n) is 2.10. The van der Waals surface area contributed by atoms with E-state index in [2.05, 4.69) is 5.32 Å². The van der Waals surface area contributed by atoms with Crippen molar-refractivity contribution in [2.45, 2.75) is 57.5 Å². The molecule has 1 aliphatic rings. The minimum atomic E-state index is -0.910. The highest BCUT2D eigenvalue weighted by molar-refractivity contribution is 5.86. The second-order valence-electron chi connectivity index (χ2n) is 5.11. The lowest BCUT2D eigenvalue weighted by molar-refractivity contribution is -0.142. The minimum Gasteiger partial charge on any atom is -0.481 e. The van der Waals surface area contributed by atoms with E-state index in [1.165, 1.54) is 0 Å². The molecule has 2 unspecified atom stereocenters. The predicted molar refractivity (Wildman–Crippen MR) is 64.4 cm³/mol. The molecule has 17 heavy (non-hydrogen) atoms. The van der Waals surface area contributed by atoms with Gasteiger partial charge < -0.3 is 16.2 Å². The van der Waals surface area contributed by atoms with Crippen LogP contribution in [0.4, 0.5) is 0 Å². The number of nitrogens with one attached hydrogen (secondary N) is 1. The van der Waals surface area contributed by atoms with Crippen molar-refractivity contribution in [3.05, 3.63) is 0 Å². The summed E-state index contributed by atoms with van der Waals surface area (Å²) in [7, 11) is 0. The zero-order valence-electron chi connectivity index (χ0n) is 10.5. The summed E-state index contributed by atoms with van der Waals surface area (Å²) >= 11 is 0. The molecule has 1 rings (SSSR count). The fraction of sp³-hybridized carbons (Fsp3) is 0.833. The largest absolute Gasteiger partial charge is 0.481 e. The van der Waals surface area contributed by atoms with E-state index < -0.39 is 23.5 Å². The van der Waals surface area contributed by atoms with Gasteiger partial charge >= 0.3 is 5.97 Å². The SMILES string of the molecule is CC(NC(=O)C1(N)CCCCC1)C(C)C(=O)O. The second kappa shape index (κ2) is 5.49. The average Bonchev–Trinajstić information content (AvgIpc) is 2.28. The number of amides is 1. The molecule has 1 amide bonds. The van der Waals surface area contributed by atoms with Crippen LogP contribution in [0.1, 0.15) is 46.0 Å². The molecule has 1 saturated carbocycles. The van der Waals surface area contributed by atoms with E-state index >= 15 is 0 Å². The third-order valence-corrected chi connectivity index (χ3v) is 3.70. The topological polar surface area (TPSA) is 92.4 Å². The lowest BCUT2D eigenvalue weighted by atomic mass is 9.81. The molecular weight excluding hydrogens is 220 g/mol. The summed E-state index contributed by atoms with van der Waals surface area (Å²) in [6.45, 7) is 3.28. The summed E-state index contributed by atoms with van der Waals surface area (Å²) in [6.07, 6.45) is 4.42. The summed E-state index contributed by atoms with van der Waals surface area (Å²) in [4.78, 5) is 22.8. The Labute approximate surface area is 102 Å². The molecule has 0 spiro atoms. The van der Waals surface area contributed by atoms with E-state index in [0.29, 0.717) is 12.8 Å². The van der Waals surface area contributed by atoms with Crippen LogP contribution in [0, 0.1) is 5.92 Å². The maximum absolute atomic E-state index is 12.0. The monoisotopic (exact) mass is 242 g/mol. The predicted octanol–water partition coefficient (Wildman–Crippen LogP) is 0.873. The molecule has 2 atom stereocenters. The fourth-order valence-corrected chi connectivity index (χ4v) is 2.10. The van der Waals surface area contributed by atoms with Gasteiger partial charge in [0.1, 0.15) is 0 Å². The van der Waals surface area contributed by atoms with Crippen molar-refractivity contribution in [2.24, 2.45) is 11.7 Å². The number of nitrogens with two attached hydrogens (primary N) is 1. The Hall–Kier alpha value is -1.10. The maximum atomic E-state index is 12.0. The third kappa shape index (κ3) is 3.43. The first-order chi connectivity index (χ1) is 7.87. The van der Waals surface area contributed by atoms with Gasteiger partial charge in [-0.25, -0.2) is 0 Å². The number of hydrogen-bond donors (Lipinski definition) is 3. The molecule has 0 aliphatic heterocycles. The van der Waals surface area contributed by atoms with E-state index in [1.807, 2.05) is 0 Å². The Morgan fingerprint density at radius 3 is 2.24 bits per heavy atom. The van der Waals surface area contributed by atoms with Crippen LogP contribution in [-0.2, 0) is 9.59 Å². The number of carboxylic acids is 1. The molecule has 1 aliphatic carbocycles. The van der Waals surface area contributed by atoms with Crippen molar-refractivity contribution in [3.63, 3.8) is 0 Å². The smallest absolute Gasteiger partial charge is 0.308 e. The van der Waals surface area contributed by atoms with Gasteiger partial charge in [-0.1, -0.05) is 19.3 Å². The second-order valence-corrected chi connectivity index (χ2v) is 5.11. The van der Waals surface area contributed by atoms with Gasteiger partial charge in [0.15, 0.2) is 0 Å². The van der Waals surface area contributed by atoms with Crippen molar-refractivity contribution in [1.29, 1.82) is 0 Å². The van der Waals surface area contributed by atoms with Crippen LogP contribution in [0.15, 0.2) is 0 Å². The van der Waals surface area contributed by atoms with Crippen molar-refractivity contribution >= 4 is 11.9 Å². The zero-order chi connectivity index (χ0) is 13.1. The van der Waals surface area contributed by atoms with Crippen LogP contribution in [0.5, 0.6) is 0 Å². The van der Waals surface area contributed by atoms with Gasteiger partial charge in [-0.05, 0) is 26.7 Å². The normalized spacial score (nSPS) is 22.5. The Kier molecular flexibility index (Phi) is 4.51. The summed E-state index contributed by atoms with van der Waals surface area (Å²) in [5.74, 6) is -1.73. The Bertz CT molecular complexity index is 298. The van der Waals surface area contributed by atoms with Crippen LogP contribution in [-0.4, -0.2) is 28.6 Å². The molecular formula is C12H22N2O3. The Morgan fingerprint density at radius 1 is 1.24 bits per heavy atom. The molecule has 5 heteroatoms. The number of rotatable bonds is 4. The van der Waals surface area contributed by atoms with E-state index in [-0.39, 0.29) is 5.91 Å². The molecule has 0 aromatic heterocycles. The van der Waals surface area contributed by atoms with Crippen molar-refractivity contribution in [3.8, 4) is 0 Å². The molecule has 0 aromatic rings. The number of hydrogen-bond acceptors (Lipinski definition) is 3. The van der Waals surface area contributed by atoms with E-state index in [9.17, 15) is 9.59 Å². The van der Waals surface area contributed by atoms with Crippen LogP contribution >= 0.6 is 0 Å². The van der Waals surface area contributed by atoms with E-state index in [0.717, 1.165) is 19.3 Å². The first-order valence-electron chi connectivity index (χ1n) is 6.19. The Morgan fingerprint density at radius 2 is 1.76 bits per heavy atom. The van der Waals surface area contributed by atoms with Gasteiger partial charge in [0.05, 0.1) is 11.5 Å². The molecule has 4 N–H and O–H groups in total. The lowest BCUT2D eigenvalue weighted by Crippen LogP contribution is -2.57. The molecule has 0 heterocycles. The molecule has 0 saturated heterocycles. The number of carbonyl (C=O) groups excluding carboxylic acids is 1. The average molecular weight is 242 g/mol. The summed E-state index contributed by atoms with van der Waals surface area (Å²) in [6, 6.07) is -0.401. The lowest BCUT2D eigenvalue weighted by Gasteiger charge is -2.33. The van der Waals surface area contributed by atoms with Gasteiger partial charge in [-0.15, -0.1) is 0 Å². The first kappa shape index (κ1) is 14.0. The summed E-state index contributed by atoms with van der Waals surface area (Å²) in [5.41, 5.74) is 5.27. The summed E-state index contributed by atoms with van der Waals surface area (Å²) in [5, 5.41) is 11.6. The minimum absolute atomic E-state index is 0.210. The maximum Gasteiger partial charge on any atom is 0.308 e. The highest BCUT2D eigenvalue weighted by atomic mass is 16.4. The highest BCUT2D eigenvalue weighted by Crippen LogP contribution is 2.26. The zero-order valence-corrected chi connectivity index (χ0v) is 10.5. The van der Waals surface area contributed by atoms with Gasteiger partial charge in [0, 0.05) is 6.04 Å². The van der Waals surface area contributed by atoms with Gasteiger partial charge in [-0.2, -0.15) is 0 Å².